The van der Waals surface area contributed by atoms with Crippen molar-refractivity contribution in [1.29, 1.82) is 0 Å². The van der Waals surface area contributed by atoms with Gasteiger partial charge in [-0.3, -0.25) is 9.52 Å². The van der Waals surface area contributed by atoms with Gasteiger partial charge in [0.15, 0.2) is 5.75 Å². The fraction of sp³-hybridized carbons (Fsp3) is 0.300. The fourth-order valence-corrected chi connectivity index (χ4v) is 1.73. The lowest BCUT2D eigenvalue weighted by Crippen LogP contribution is -2.34. The third-order valence-corrected chi connectivity index (χ3v) is 2.45. The lowest BCUT2D eigenvalue weighted by molar-refractivity contribution is -0.274. The molecule has 0 saturated carbocycles. The topological polar surface area (TPSA) is 84.5 Å². The van der Waals surface area contributed by atoms with Gasteiger partial charge < -0.3 is 10.1 Å². The predicted molar refractivity (Wildman–Crippen MR) is 64.6 cm³/mol. The molecule has 1 aromatic rings. The molecule has 0 aliphatic heterocycles. The second-order valence-electron chi connectivity index (χ2n) is 3.69. The summed E-state index contributed by atoms with van der Waals surface area (Å²) in [6, 6.07) is 5.07. The van der Waals surface area contributed by atoms with Gasteiger partial charge in [0, 0.05) is 0 Å². The maximum absolute atomic E-state index is 12.1. The molecule has 1 amide bonds. The van der Waals surface area contributed by atoms with Crippen LogP contribution in [0.2, 0.25) is 0 Å². The number of carbonyl (C=O) groups is 1. The van der Waals surface area contributed by atoms with E-state index in [0.717, 1.165) is 12.3 Å². The van der Waals surface area contributed by atoms with Gasteiger partial charge >= 0.3 is 6.36 Å². The van der Waals surface area contributed by atoms with Gasteiger partial charge in [-0.2, -0.15) is 0 Å². The summed E-state index contributed by atoms with van der Waals surface area (Å²) in [6.07, 6.45) is -4.08. The first-order valence-electron chi connectivity index (χ1n) is 5.16. The first kappa shape index (κ1) is 16.1. The molecule has 6 nitrogen and oxygen atoms in total. The number of rotatable bonds is 5. The van der Waals surface area contributed by atoms with Crippen LogP contribution in [-0.2, 0) is 14.8 Å². The van der Waals surface area contributed by atoms with Gasteiger partial charge in [-0.05, 0) is 12.1 Å². The number of benzene rings is 1. The van der Waals surface area contributed by atoms with E-state index in [0.29, 0.717) is 0 Å². The van der Waals surface area contributed by atoms with E-state index in [-0.39, 0.29) is 5.69 Å². The number of hydrogen-bond acceptors (Lipinski definition) is 5. The third-order valence-electron chi connectivity index (χ3n) is 1.85. The molecule has 0 spiro atoms. The van der Waals surface area contributed by atoms with E-state index >= 15 is 0 Å². The largest absolute Gasteiger partial charge is 0.573 e. The molecule has 0 aliphatic rings. The first-order chi connectivity index (χ1) is 9.07. The van der Waals surface area contributed by atoms with E-state index in [4.69, 9.17) is 0 Å². The van der Waals surface area contributed by atoms with Crippen molar-refractivity contribution in [3.05, 3.63) is 24.3 Å². The summed E-state index contributed by atoms with van der Waals surface area (Å²) in [7, 11) is -3.72. The SMILES string of the molecule is CS(=O)(=O)NC(=O)CNc1ccccc1OC(F)(F)F. The fourth-order valence-electron chi connectivity index (χ4n) is 1.24. The molecule has 0 aliphatic carbocycles. The van der Waals surface area contributed by atoms with Crippen LogP contribution < -0.4 is 14.8 Å². The second-order valence-corrected chi connectivity index (χ2v) is 5.44. The van der Waals surface area contributed by atoms with Crippen molar-refractivity contribution in [1.82, 2.24) is 4.72 Å². The van der Waals surface area contributed by atoms with Gasteiger partial charge in [0.25, 0.3) is 5.91 Å². The number of nitrogens with one attached hydrogen (secondary N) is 2. The van der Waals surface area contributed by atoms with Crippen LogP contribution in [-0.4, -0.2) is 33.5 Å². The highest BCUT2D eigenvalue weighted by Crippen LogP contribution is 2.29. The van der Waals surface area contributed by atoms with Gasteiger partial charge in [0.05, 0.1) is 18.5 Å². The Bertz CT molecular complexity index is 586. The van der Waals surface area contributed by atoms with Gasteiger partial charge in [0.1, 0.15) is 0 Å². The van der Waals surface area contributed by atoms with Crippen LogP contribution >= 0.6 is 0 Å². The van der Waals surface area contributed by atoms with Crippen molar-refractivity contribution >= 4 is 21.6 Å². The minimum Gasteiger partial charge on any atom is -0.404 e. The Kier molecular flexibility index (Phi) is 4.82. The molecular formula is C10H11F3N2O4S. The molecule has 112 valence electrons. The Balaban J connectivity index is 2.71. The lowest BCUT2D eigenvalue weighted by Gasteiger charge is -2.14. The zero-order valence-electron chi connectivity index (χ0n) is 10.2. The van der Waals surface area contributed by atoms with E-state index < -0.39 is 34.6 Å². The number of para-hydroxylation sites is 2. The normalized spacial score (nSPS) is 11.8. The highest BCUT2D eigenvalue weighted by atomic mass is 32.2. The third kappa shape index (κ3) is 6.27. The minimum atomic E-state index is -4.87. The zero-order valence-corrected chi connectivity index (χ0v) is 11.0. The maximum Gasteiger partial charge on any atom is 0.573 e. The summed E-state index contributed by atoms with van der Waals surface area (Å²) in [5, 5.41) is 2.36. The number of amides is 1. The number of anilines is 1. The Morgan fingerprint density at radius 1 is 1.30 bits per heavy atom. The molecular weight excluding hydrogens is 301 g/mol. The van der Waals surface area contributed by atoms with E-state index in [2.05, 4.69) is 10.1 Å². The highest BCUT2D eigenvalue weighted by molar-refractivity contribution is 7.89. The standard InChI is InChI=1S/C10H11F3N2O4S/c1-20(17,18)15-9(16)6-14-7-4-2-3-5-8(7)19-10(11,12)13/h2-5,14H,6H2,1H3,(H,15,16). The van der Waals surface area contributed by atoms with E-state index in [1.54, 1.807) is 4.72 Å². The average Bonchev–Trinajstić information content (AvgIpc) is 2.23. The van der Waals surface area contributed by atoms with Crippen molar-refractivity contribution in [2.75, 3.05) is 18.1 Å². The van der Waals surface area contributed by atoms with E-state index in [9.17, 15) is 26.4 Å². The molecule has 0 heterocycles. The van der Waals surface area contributed by atoms with E-state index in [1.165, 1.54) is 18.2 Å². The molecule has 0 unspecified atom stereocenters. The quantitative estimate of drug-likeness (QED) is 0.850. The van der Waals surface area contributed by atoms with Crippen molar-refractivity contribution in [3.63, 3.8) is 0 Å². The molecule has 0 saturated heterocycles. The molecule has 1 rings (SSSR count). The molecule has 0 fully saturated rings. The van der Waals surface area contributed by atoms with Crippen molar-refractivity contribution < 1.29 is 31.1 Å². The molecule has 10 heteroatoms. The molecule has 0 aromatic heterocycles. The summed E-state index contributed by atoms with van der Waals surface area (Å²) in [5.74, 6) is -1.43. The Hall–Kier alpha value is -1.97. The Morgan fingerprint density at radius 2 is 1.90 bits per heavy atom. The lowest BCUT2D eigenvalue weighted by atomic mass is 10.3. The monoisotopic (exact) mass is 312 g/mol. The summed E-state index contributed by atoms with van der Waals surface area (Å²) >= 11 is 0. The van der Waals surface area contributed by atoms with Gasteiger partial charge in [-0.1, -0.05) is 12.1 Å². The first-order valence-corrected chi connectivity index (χ1v) is 7.05. The second kappa shape index (κ2) is 5.99. The summed E-state index contributed by atoms with van der Waals surface area (Å²) < 4.78 is 63.4. The van der Waals surface area contributed by atoms with Crippen LogP contribution in [0.15, 0.2) is 24.3 Å². The van der Waals surface area contributed by atoms with Crippen LogP contribution in [0.1, 0.15) is 0 Å². The summed E-state index contributed by atoms with van der Waals surface area (Å²) in [4.78, 5) is 11.2. The number of hydrogen-bond donors (Lipinski definition) is 2. The number of halogens is 3. The van der Waals surface area contributed by atoms with Crippen molar-refractivity contribution in [3.8, 4) is 5.75 Å². The van der Waals surface area contributed by atoms with Crippen LogP contribution in [0.3, 0.4) is 0 Å². The van der Waals surface area contributed by atoms with Gasteiger partial charge in [-0.15, -0.1) is 13.2 Å². The molecule has 0 bridgehead atoms. The highest BCUT2D eigenvalue weighted by Gasteiger charge is 2.32. The number of ether oxygens (including phenoxy) is 1. The smallest absolute Gasteiger partial charge is 0.404 e. The van der Waals surface area contributed by atoms with Gasteiger partial charge in [-0.25, -0.2) is 8.42 Å². The zero-order chi connectivity index (χ0) is 15.4. The number of alkyl halides is 3. The van der Waals surface area contributed by atoms with Crippen LogP contribution in [0.4, 0.5) is 18.9 Å². The molecule has 1 aromatic carbocycles. The predicted octanol–water partition coefficient (Wildman–Crippen LogP) is 1.07. The number of sulfonamides is 1. The minimum absolute atomic E-state index is 0.0894. The van der Waals surface area contributed by atoms with Crippen LogP contribution in [0.5, 0.6) is 5.75 Å². The van der Waals surface area contributed by atoms with Crippen molar-refractivity contribution in [2.24, 2.45) is 0 Å². The van der Waals surface area contributed by atoms with Crippen LogP contribution in [0.25, 0.3) is 0 Å². The van der Waals surface area contributed by atoms with E-state index in [1.807, 2.05) is 0 Å². The summed E-state index contributed by atoms with van der Waals surface area (Å²) in [5.41, 5.74) is -0.0894. The molecule has 2 N–H and O–H groups in total. The Morgan fingerprint density at radius 3 is 2.45 bits per heavy atom. The molecule has 0 atom stereocenters. The average molecular weight is 312 g/mol. The maximum atomic E-state index is 12.1. The van der Waals surface area contributed by atoms with Crippen LogP contribution in [0, 0.1) is 0 Å². The number of carbonyl (C=O) groups excluding carboxylic acids is 1. The Labute approximate surface area is 113 Å². The molecule has 20 heavy (non-hydrogen) atoms. The van der Waals surface area contributed by atoms with Crippen molar-refractivity contribution in [2.45, 2.75) is 6.36 Å². The summed E-state index contributed by atoms with van der Waals surface area (Å²) in [6.45, 7) is -0.523. The van der Waals surface area contributed by atoms with Gasteiger partial charge in [0.2, 0.25) is 10.0 Å². The molecule has 0 radical (unpaired) electrons.